The van der Waals surface area contributed by atoms with Gasteiger partial charge in [-0.05, 0) is 37.5 Å². The zero-order chi connectivity index (χ0) is 14.5. The van der Waals surface area contributed by atoms with Crippen molar-refractivity contribution in [2.45, 2.75) is 38.0 Å². The largest absolute Gasteiger partial charge is 0.479 e. The minimum Gasteiger partial charge on any atom is -0.479 e. The topological polar surface area (TPSA) is 82.3 Å². The van der Waals surface area contributed by atoms with Crippen LogP contribution in [-0.4, -0.2) is 29.8 Å². The summed E-state index contributed by atoms with van der Waals surface area (Å²) in [5.41, 5.74) is 1.74. The molecule has 0 spiro atoms. The van der Waals surface area contributed by atoms with Gasteiger partial charge in [-0.1, -0.05) is 12.1 Å². The number of aliphatic carboxylic acids is 1. The SMILES string of the molecule is CC(NCC1CCC(C(=O)O)O1)c1ccc(C#N)cc1. The molecule has 2 rings (SSSR count). The van der Waals surface area contributed by atoms with Gasteiger partial charge in [0, 0.05) is 12.6 Å². The molecular formula is C15H18N2O3. The summed E-state index contributed by atoms with van der Waals surface area (Å²) in [5, 5.41) is 21.0. The molecule has 106 valence electrons. The van der Waals surface area contributed by atoms with Crippen LogP contribution in [0, 0.1) is 11.3 Å². The van der Waals surface area contributed by atoms with Crippen LogP contribution >= 0.6 is 0 Å². The molecule has 3 unspecified atom stereocenters. The fourth-order valence-electron chi connectivity index (χ4n) is 2.31. The molecule has 1 aromatic rings. The lowest BCUT2D eigenvalue weighted by Crippen LogP contribution is -2.30. The molecule has 0 radical (unpaired) electrons. The molecule has 20 heavy (non-hydrogen) atoms. The molecule has 1 saturated heterocycles. The van der Waals surface area contributed by atoms with Crippen LogP contribution in [-0.2, 0) is 9.53 Å². The van der Waals surface area contributed by atoms with Gasteiger partial charge < -0.3 is 15.2 Å². The van der Waals surface area contributed by atoms with Gasteiger partial charge in [0.1, 0.15) is 0 Å². The maximum atomic E-state index is 10.8. The number of carboxylic acids is 1. The number of hydrogen-bond donors (Lipinski definition) is 2. The second-order valence-corrected chi connectivity index (χ2v) is 5.03. The molecule has 0 aliphatic carbocycles. The lowest BCUT2D eigenvalue weighted by Gasteiger charge is -2.18. The average Bonchev–Trinajstić information content (AvgIpc) is 2.94. The number of nitriles is 1. The van der Waals surface area contributed by atoms with Crippen molar-refractivity contribution < 1.29 is 14.6 Å². The van der Waals surface area contributed by atoms with E-state index in [1.165, 1.54) is 0 Å². The summed E-state index contributed by atoms with van der Waals surface area (Å²) in [7, 11) is 0. The van der Waals surface area contributed by atoms with Crippen LogP contribution < -0.4 is 5.32 Å². The maximum absolute atomic E-state index is 10.8. The van der Waals surface area contributed by atoms with Crippen LogP contribution in [0.25, 0.3) is 0 Å². The highest BCUT2D eigenvalue weighted by molar-refractivity contribution is 5.72. The minimum absolute atomic E-state index is 0.0445. The highest BCUT2D eigenvalue weighted by atomic mass is 16.5. The van der Waals surface area contributed by atoms with Crippen molar-refractivity contribution in [2.24, 2.45) is 0 Å². The Morgan fingerprint density at radius 2 is 2.20 bits per heavy atom. The Balaban J connectivity index is 1.82. The van der Waals surface area contributed by atoms with Crippen molar-refractivity contribution in [3.05, 3.63) is 35.4 Å². The second-order valence-electron chi connectivity index (χ2n) is 5.03. The van der Waals surface area contributed by atoms with E-state index in [9.17, 15) is 4.79 Å². The third-order valence-corrected chi connectivity index (χ3v) is 3.57. The molecule has 1 aromatic carbocycles. The fourth-order valence-corrected chi connectivity index (χ4v) is 2.31. The van der Waals surface area contributed by atoms with Gasteiger partial charge in [-0.2, -0.15) is 5.26 Å². The Kier molecular flexibility index (Phi) is 4.72. The van der Waals surface area contributed by atoms with Gasteiger partial charge in [-0.15, -0.1) is 0 Å². The summed E-state index contributed by atoms with van der Waals surface area (Å²) in [6.45, 7) is 2.66. The van der Waals surface area contributed by atoms with Crippen LogP contribution in [0.2, 0.25) is 0 Å². The lowest BCUT2D eigenvalue weighted by atomic mass is 10.1. The lowest BCUT2D eigenvalue weighted by molar-refractivity contribution is -0.149. The van der Waals surface area contributed by atoms with E-state index in [1.807, 2.05) is 19.1 Å². The van der Waals surface area contributed by atoms with Gasteiger partial charge in [0.2, 0.25) is 0 Å². The quantitative estimate of drug-likeness (QED) is 0.856. The number of rotatable bonds is 5. The molecule has 1 fully saturated rings. The van der Waals surface area contributed by atoms with E-state index < -0.39 is 12.1 Å². The van der Waals surface area contributed by atoms with Crippen LogP contribution in [0.4, 0.5) is 0 Å². The molecule has 0 bridgehead atoms. The van der Waals surface area contributed by atoms with Gasteiger partial charge in [-0.25, -0.2) is 4.79 Å². The normalized spacial score (nSPS) is 23.2. The molecule has 5 heteroatoms. The maximum Gasteiger partial charge on any atom is 0.332 e. The standard InChI is InChI=1S/C15H18N2O3/c1-10(12-4-2-11(8-16)3-5-12)17-9-13-6-7-14(20-13)15(18)19/h2-5,10,13-14,17H,6-7,9H2,1H3,(H,18,19). The minimum atomic E-state index is -0.882. The first-order valence-corrected chi connectivity index (χ1v) is 6.72. The first-order valence-electron chi connectivity index (χ1n) is 6.72. The monoisotopic (exact) mass is 274 g/mol. The summed E-state index contributed by atoms with van der Waals surface area (Å²) in [6.07, 6.45) is 0.640. The fraction of sp³-hybridized carbons (Fsp3) is 0.467. The molecule has 3 atom stereocenters. The van der Waals surface area contributed by atoms with Gasteiger partial charge in [-0.3, -0.25) is 0 Å². The summed E-state index contributed by atoms with van der Waals surface area (Å²) in [6, 6.07) is 9.65. The van der Waals surface area contributed by atoms with Crippen LogP contribution in [0.5, 0.6) is 0 Å². The Morgan fingerprint density at radius 1 is 1.50 bits per heavy atom. The average molecular weight is 274 g/mol. The van der Waals surface area contributed by atoms with Gasteiger partial charge in [0.25, 0.3) is 0 Å². The zero-order valence-corrected chi connectivity index (χ0v) is 11.4. The third-order valence-electron chi connectivity index (χ3n) is 3.57. The van der Waals surface area contributed by atoms with E-state index in [0.717, 1.165) is 12.0 Å². The van der Waals surface area contributed by atoms with Crippen molar-refractivity contribution in [1.82, 2.24) is 5.32 Å². The number of carboxylic acid groups (broad SMARTS) is 1. The molecule has 0 aromatic heterocycles. The summed E-state index contributed by atoms with van der Waals surface area (Å²) < 4.78 is 5.44. The summed E-state index contributed by atoms with van der Waals surface area (Å²) >= 11 is 0. The molecular weight excluding hydrogens is 256 g/mol. The summed E-state index contributed by atoms with van der Waals surface area (Å²) in [4.78, 5) is 10.8. The van der Waals surface area contributed by atoms with E-state index in [-0.39, 0.29) is 12.1 Å². The zero-order valence-electron chi connectivity index (χ0n) is 11.4. The second kappa shape index (κ2) is 6.51. The van der Waals surface area contributed by atoms with Gasteiger partial charge >= 0.3 is 5.97 Å². The smallest absolute Gasteiger partial charge is 0.332 e. The van der Waals surface area contributed by atoms with Crippen molar-refractivity contribution in [1.29, 1.82) is 5.26 Å². The molecule has 0 amide bonds. The van der Waals surface area contributed by atoms with Crippen molar-refractivity contribution in [2.75, 3.05) is 6.54 Å². The Hall–Kier alpha value is -1.90. The molecule has 5 nitrogen and oxygen atoms in total. The highest BCUT2D eigenvalue weighted by Crippen LogP contribution is 2.20. The van der Waals surface area contributed by atoms with Gasteiger partial charge in [0.15, 0.2) is 6.10 Å². The predicted octanol–water partition coefficient (Wildman–Crippen LogP) is 1.84. The van der Waals surface area contributed by atoms with E-state index in [0.29, 0.717) is 18.5 Å². The Labute approximate surface area is 118 Å². The molecule has 1 heterocycles. The number of benzene rings is 1. The third kappa shape index (κ3) is 3.56. The summed E-state index contributed by atoms with van der Waals surface area (Å²) in [5.74, 6) is -0.882. The molecule has 1 aliphatic rings. The van der Waals surface area contributed by atoms with E-state index in [1.54, 1.807) is 12.1 Å². The molecule has 1 aliphatic heterocycles. The molecule has 0 saturated carbocycles. The Bertz CT molecular complexity index is 507. The number of nitrogens with zero attached hydrogens (tertiary/aromatic N) is 1. The molecule has 2 N–H and O–H groups in total. The van der Waals surface area contributed by atoms with Gasteiger partial charge in [0.05, 0.1) is 17.7 Å². The van der Waals surface area contributed by atoms with E-state index in [2.05, 4.69) is 11.4 Å². The van der Waals surface area contributed by atoms with E-state index >= 15 is 0 Å². The van der Waals surface area contributed by atoms with E-state index in [4.69, 9.17) is 15.1 Å². The predicted molar refractivity (Wildman–Crippen MR) is 73.1 cm³/mol. The van der Waals surface area contributed by atoms with Crippen LogP contribution in [0.15, 0.2) is 24.3 Å². The van der Waals surface area contributed by atoms with Crippen LogP contribution in [0.1, 0.15) is 36.9 Å². The van der Waals surface area contributed by atoms with Crippen molar-refractivity contribution in [3.8, 4) is 6.07 Å². The number of ether oxygens (including phenoxy) is 1. The number of hydrogen-bond acceptors (Lipinski definition) is 4. The van der Waals surface area contributed by atoms with Crippen molar-refractivity contribution >= 4 is 5.97 Å². The number of carbonyl (C=O) groups is 1. The first-order chi connectivity index (χ1) is 9.60. The van der Waals surface area contributed by atoms with Crippen LogP contribution in [0.3, 0.4) is 0 Å². The Morgan fingerprint density at radius 3 is 2.75 bits per heavy atom. The first kappa shape index (κ1) is 14.5. The highest BCUT2D eigenvalue weighted by Gasteiger charge is 2.30. The number of nitrogens with one attached hydrogen (secondary N) is 1. The van der Waals surface area contributed by atoms with Crippen molar-refractivity contribution in [3.63, 3.8) is 0 Å².